The lowest BCUT2D eigenvalue weighted by Gasteiger charge is -2.08. The lowest BCUT2D eigenvalue weighted by Crippen LogP contribution is -2.11. The predicted molar refractivity (Wildman–Crippen MR) is 92.5 cm³/mol. The summed E-state index contributed by atoms with van der Waals surface area (Å²) in [5.74, 6) is 0.513. The molecule has 1 heterocycles. The number of aromatic nitrogens is 1. The fourth-order valence-corrected chi connectivity index (χ4v) is 2.79. The zero-order valence-electron chi connectivity index (χ0n) is 12.9. The van der Waals surface area contributed by atoms with Gasteiger partial charge in [-0.25, -0.2) is 4.98 Å². The fourth-order valence-electron chi connectivity index (χ4n) is 2.29. The van der Waals surface area contributed by atoms with Crippen molar-refractivity contribution in [1.82, 2.24) is 4.98 Å². The number of nitrogens with zero attached hydrogens (tertiary/aromatic N) is 1. The average Bonchev–Trinajstić information content (AvgIpc) is 3.00. The summed E-state index contributed by atoms with van der Waals surface area (Å²) in [5, 5.41) is 5.34. The van der Waals surface area contributed by atoms with Crippen molar-refractivity contribution < 1.29 is 9.53 Å². The zero-order valence-corrected chi connectivity index (χ0v) is 13.7. The standard InChI is InChI=1S/C18H16N2O2S/c1-12-9-13(2)11-15(10-12)20-17(21)14-3-5-16(6-4-14)22-18-19-7-8-23-18/h3-11H,1-2H3,(H,20,21). The topological polar surface area (TPSA) is 51.2 Å². The number of nitrogens with one attached hydrogen (secondary N) is 1. The normalized spacial score (nSPS) is 10.3. The van der Waals surface area contributed by atoms with Crippen molar-refractivity contribution in [2.75, 3.05) is 5.32 Å². The smallest absolute Gasteiger partial charge is 0.278 e. The molecule has 4 nitrogen and oxygen atoms in total. The van der Waals surface area contributed by atoms with Gasteiger partial charge in [0.2, 0.25) is 0 Å². The van der Waals surface area contributed by atoms with Crippen molar-refractivity contribution in [2.24, 2.45) is 0 Å². The van der Waals surface area contributed by atoms with Gasteiger partial charge in [-0.3, -0.25) is 4.79 Å². The van der Waals surface area contributed by atoms with Crippen LogP contribution >= 0.6 is 11.3 Å². The summed E-state index contributed by atoms with van der Waals surface area (Å²) < 4.78 is 5.58. The van der Waals surface area contributed by atoms with Crippen LogP contribution in [0.1, 0.15) is 21.5 Å². The molecule has 1 aromatic heterocycles. The van der Waals surface area contributed by atoms with Crippen LogP contribution in [0.4, 0.5) is 5.69 Å². The third kappa shape index (κ3) is 3.96. The molecular formula is C18H16N2O2S. The van der Waals surface area contributed by atoms with E-state index in [4.69, 9.17) is 4.74 Å². The Hall–Kier alpha value is -2.66. The number of ether oxygens (including phenoxy) is 1. The number of rotatable bonds is 4. The summed E-state index contributed by atoms with van der Waals surface area (Å²) in [4.78, 5) is 16.4. The van der Waals surface area contributed by atoms with Gasteiger partial charge in [-0.1, -0.05) is 17.4 Å². The molecule has 116 valence electrons. The highest BCUT2D eigenvalue weighted by atomic mass is 32.1. The van der Waals surface area contributed by atoms with Crippen LogP contribution in [0.25, 0.3) is 0 Å². The van der Waals surface area contributed by atoms with Crippen molar-refractivity contribution in [3.63, 3.8) is 0 Å². The molecule has 1 amide bonds. The van der Waals surface area contributed by atoms with Gasteiger partial charge < -0.3 is 10.1 Å². The Morgan fingerprint density at radius 1 is 1.09 bits per heavy atom. The lowest BCUT2D eigenvalue weighted by molar-refractivity contribution is 0.102. The number of hydrogen-bond donors (Lipinski definition) is 1. The second-order valence-electron chi connectivity index (χ2n) is 5.25. The van der Waals surface area contributed by atoms with E-state index < -0.39 is 0 Å². The number of carbonyl (C=O) groups excluding carboxylic acids is 1. The number of carbonyl (C=O) groups is 1. The van der Waals surface area contributed by atoms with Crippen LogP contribution < -0.4 is 10.1 Å². The minimum absolute atomic E-state index is 0.143. The van der Waals surface area contributed by atoms with Crippen molar-refractivity contribution in [3.8, 4) is 10.9 Å². The highest BCUT2D eigenvalue weighted by molar-refractivity contribution is 7.11. The molecule has 0 atom stereocenters. The third-order valence-corrected chi connectivity index (χ3v) is 3.86. The van der Waals surface area contributed by atoms with E-state index in [0.29, 0.717) is 16.5 Å². The van der Waals surface area contributed by atoms with E-state index in [-0.39, 0.29) is 5.91 Å². The molecule has 3 aromatic rings. The molecule has 1 N–H and O–H groups in total. The lowest BCUT2D eigenvalue weighted by atomic mass is 10.1. The maximum atomic E-state index is 12.3. The molecule has 0 saturated heterocycles. The summed E-state index contributed by atoms with van der Waals surface area (Å²) in [7, 11) is 0. The van der Waals surface area contributed by atoms with Gasteiger partial charge in [-0.2, -0.15) is 0 Å². The maximum absolute atomic E-state index is 12.3. The molecule has 0 aliphatic heterocycles. The number of thiazole rings is 1. The first kappa shape index (κ1) is 15.2. The molecule has 23 heavy (non-hydrogen) atoms. The predicted octanol–water partition coefficient (Wildman–Crippen LogP) is 4.80. The van der Waals surface area contributed by atoms with Crippen LogP contribution in [0.5, 0.6) is 10.9 Å². The van der Waals surface area contributed by atoms with Gasteiger partial charge in [0.05, 0.1) is 0 Å². The third-order valence-electron chi connectivity index (χ3n) is 3.21. The Balaban J connectivity index is 1.70. The number of anilines is 1. The highest BCUT2D eigenvalue weighted by Gasteiger charge is 2.08. The summed E-state index contributed by atoms with van der Waals surface area (Å²) in [6.45, 7) is 4.01. The maximum Gasteiger partial charge on any atom is 0.278 e. The minimum atomic E-state index is -0.143. The molecule has 2 aromatic carbocycles. The molecule has 0 bridgehead atoms. The Morgan fingerprint density at radius 3 is 2.39 bits per heavy atom. The van der Waals surface area contributed by atoms with Crippen LogP contribution in [-0.2, 0) is 0 Å². The Labute approximate surface area is 138 Å². The van der Waals surface area contributed by atoms with Crippen LogP contribution in [-0.4, -0.2) is 10.9 Å². The summed E-state index contributed by atoms with van der Waals surface area (Å²) in [6.07, 6.45) is 1.69. The second kappa shape index (κ2) is 6.62. The van der Waals surface area contributed by atoms with Crippen molar-refractivity contribution in [2.45, 2.75) is 13.8 Å². The largest absolute Gasteiger partial charge is 0.431 e. The molecule has 0 radical (unpaired) electrons. The molecule has 5 heteroatoms. The van der Waals surface area contributed by atoms with Crippen LogP contribution in [0.15, 0.2) is 54.0 Å². The molecular weight excluding hydrogens is 308 g/mol. The van der Waals surface area contributed by atoms with Gasteiger partial charge in [-0.15, -0.1) is 0 Å². The zero-order chi connectivity index (χ0) is 16.2. The molecule has 0 aliphatic rings. The average molecular weight is 324 g/mol. The van der Waals surface area contributed by atoms with E-state index in [1.807, 2.05) is 31.4 Å². The van der Waals surface area contributed by atoms with E-state index >= 15 is 0 Å². The summed E-state index contributed by atoms with van der Waals surface area (Å²) >= 11 is 1.42. The summed E-state index contributed by atoms with van der Waals surface area (Å²) in [5.41, 5.74) is 3.62. The molecule has 0 fully saturated rings. The van der Waals surface area contributed by atoms with E-state index in [1.54, 1.807) is 30.5 Å². The molecule has 0 unspecified atom stereocenters. The van der Waals surface area contributed by atoms with Crippen LogP contribution in [0.3, 0.4) is 0 Å². The first-order valence-corrected chi connectivity index (χ1v) is 8.05. The van der Waals surface area contributed by atoms with Gasteiger partial charge in [0.1, 0.15) is 5.75 Å². The number of amides is 1. The van der Waals surface area contributed by atoms with Gasteiger partial charge in [0.15, 0.2) is 0 Å². The SMILES string of the molecule is Cc1cc(C)cc(NC(=O)c2ccc(Oc3nccs3)cc2)c1. The van der Waals surface area contributed by atoms with Gasteiger partial charge in [-0.05, 0) is 61.4 Å². The van der Waals surface area contributed by atoms with Crippen molar-refractivity contribution in [1.29, 1.82) is 0 Å². The Bertz CT molecular complexity index is 791. The van der Waals surface area contributed by atoms with E-state index in [9.17, 15) is 4.79 Å². The Morgan fingerprint density at radius 2 is 1.78 bits per heavy atom. The quantitative estimate of drug-likeness (QED) is 0.749. The van der Waals surface area contributed by atoms with E-state index in [1.165, 1.54) is 11.3 Å². The molecule has 3 rings (SSSR count). The molecule has 0 spiro atoms. The number of benzene rings is 2. The minimum Gasteiger partial charge on any atom is -0.431 e. The monoisotopic (exact) mass is 324 g/mol. The highest BCUT2D eigenvalue weighted by Crippen LogP contribution is 2.23. The van der Waals surface area contributed by atoms with E-state index in [0.717, 1.165) is 16.8 Å². The number of hydrogen-bond acceptors (Lipinski definition) is 4. The molecule has 0 saturated carbocycles. The first-order chi connectivity index (χ1) is 11.1. The van der Waals surface area contributed by atoms with Crippen LogP contribution in [0.2, 0.25) is 0 Å². The van der Waals surface area contributed by atoms with E-state index in [2.05, 4.69) is 16.4 Å². The first-order valence-electron chi connectivity index (χ1n) is 7.17. The van der Waals surface area contributed by atoms with Crippen LogP contribution in [0, 0.1) is 13.8 Å². The van der Waals surface area contributed by atoms with Gasteiger partial charge in [0.25, 0.3) is 11.1 Å². The fraction of sp³-hybridized carbons (Fsp3) is 0.111. The Kier molecular flexibility index (Phi) is 4.39. The molecule has 0 aliphatic carbocycles. The van der Waals surface area contributed by atoms with Gasteiger partial charge in [0, 0.05) is 22.8 Å². The second-order valence-corrected chi connectivity index (χ2v) is 6.11. The number of aryl methyl sites for hydroxylation is 2. The van der Waals surface area contributed by atoms with Crippen molar-refractivity contribution in [3.05, 3.63) is 70.7 Å². The van der Waals surface area contributed by atoms with Crippen molar-refractivity contribution >= 4 is 22.9 Å². The van der Waals surface area contributed by atoms with Gasteiger partial charge >= 0.3 is 0 Å². The summed E-state index contributed by atoms with van der Waals surface area (Å²) in [6, 6.07) is 13.0.